The van der Waals surface area contributed by atoms with Crippen molar-refractivity contribution in [3.63, 3.8) is 0 Å². The zero-order valence-electron chi connectivity index (χ0n) is 10.9. The second-order valence-electron chi connectivity index (χ2n) is 4.49. The number of carboxylic acids is 1. The van der Waals surface area contributed by atoms with Gasteiger partial charge in [0.15, 0.2) is 0 Å². The first-order valence-electron chi connectivity index (χ1n) is 6.27. The van der Waals surface area contributed by atoms with Crippen LogP contribution in [0.25, 0.3) is 6.08 Å². The summed E-state index contributed by atoms with van der Waals surface area (Å²) in [5, 5.41) is 11.7. The summed E-state index contributed by atoms with van der Waals surface area (Å²) in [7, 11) is 0. The molecule has 3 rings (SSSR count). The first-order chi connectivity index (χ1) is 10.1. The lowest BCUT2D eigenvalue weighted by Crippen LogP contribution is -2.17. The molecule has 0 saturated carbocycles. The fraction of sp³-hybridized carbons (Fsp3) is 0. The van der Waals surface area contributed by atoms with Crippen molar-refractivity contribution < 1.29 is 14.7 Å². The van der Waals surface area contributed by atoms with Crippen LogP contribution in [-0.2, 0) is 4.79 Å². The third kappa shape index (κ3) is 2.83. The fourth-order valence-electron chi connectivity index (χ4n) is 1.99. The Bertz CT molecular complexity index is 753. The lowest BCUT2D eigenvalue weighted by atomic mass is 10.2. The molecule has 0 bridgehead atoms. The van der Waals surface area contributed by atoms with Gasteiger partial charge in [0.2, 0.25) is 0 Å². The number of rotatable bonds is 2. The Morgan fingerprint density at radius 1 is 1.14 bits per heavy atom. The van der Waals surface area contributed by atoms with Crippen molar-refractivity contribution in [1.29, 1.82) is 0 Å². The average molecular weight is 297 g/mol. The Hall–Kier alpha value is -2.53. The smallest absolute Gasteiger partial charge is 0.335 e. The molecule has 0 aromatic heterocycles. The van der Waals surface area contributed by atoms with Gasteiger partial charge in [-0.05, 0) is 29.8 Å². The Kier molecular flexibility index (Phi) is 3.50. The van der Waals surface area contributed by atoms with Crippen molar-refractivity contribution >= 4 is 35.4 Å². The van der Waals surface area contributed by atoms with Gasteiger partial charge in [0.05, 0.1) is 16.2 Å². The van der Waals surface area contributed by atoms with Crippen molar-refractivity contribution in [2.24, 2.45) is 0 Å². The van der Waals surface area contributed by atoms with E-state index in [9.17, 15) is 9.59 Å². The number of thioether (sulfide) groups is 1. The second kappa shape index (κ2) is 5.46. The van der Waals surface area contributed by atoms with E-state index in [1.165, 1.54) is 23.9 Å². The van der Waals surface area contributed by atoms with E-state index < -0.39 is 5.97 Å². The number of nitrogens with one attached hydrogen (secondary N) is 1. The molecule has 1 heterocycles. The predicted molar refractivity (Wildman–Crippen MR) is 82.3 cm³/mol. The summed E-state index contributed by atoms with van der Waals surface area (Å²) in [6.45, 7) is 0. The van der Waals surface area contributed by atoms with E-state index in [4.69, 9.17) is 5.11 Å². The third-order valence-electron chi connectivity index (χ3n) is 3.02. The quantitative estimate of drug-likeness (QED) is 0.833. The number of aromatic carboxylic acids is 1. The number of carboxylic acid groups (broad SMARTS) is 1. The summed E-state index contributed by atoms with van der Waals surface area (Å²) in [5.74, 6) is -1.23. The zero-order valence-corrected chi connectivity index (χ0v) is 11.7. The molecule has 1 aliphatic heterocycles. The molecule has 104 valence electrons. The van der Waals surface area contributed by atoms with Crippen LogP contribution in [0, 0.1) is 0 Å². The summed E-state index contributed by atoms with van der Waals surface area (Å²) in [4.78, 5) is 24.5. The highest BCUT2D eigenvalue weighted by atomic mass is 32.2. The lowest BCUT2D eigenvalue weighted by molar-refractivity contribution is -0.112. The van der Waals surface area contributed by atoms with Crippen molar-refractivity contribution in [1.82, 2.24) is 0 Å². The minimum absolute atomic E-state index is 0.158. The van der Waals surface area contributed by atoms with Crippen molar-refractivity contribution in [2.45, 2.75) is 4.90 Å². The van der Waals surface area contributed by atoms with Crippen LogP contribution in [-0.4, -0.2) is 17.0 Å². The summed E-state index contributed by atoms with van der Waals surface area (Å²) < 4.78 is 0. The number of carbonyl (C=O) groups is 2. The maximum atomic E-state index is 12.1. The van der Waals surface area contributed by atoms with E-state index in [0.717, 1.165) is 10.5 Å². The number of hydrogen-bond acceptors (Lipinski definition) is 3. The van der Waals surface area contributed by atoms with Crippen LogP contribution >= 0.6 is 11.8 Å². The molecular weight excluding hydrogens is 286 g/mol. The van der Waals surface area contributed by atoms with Gasteiger partial charge >= 0.3 is 5.97 Å². The highest BCUT2D eigenvalue weighted by Gasteiger charge is 2.22. The highest BCUT2D eigenvalue weighted by Crippen LogP contribution is 2.39. The minimum Gasteiger partial charge on any atom is -0.478 e. The van der Waals surface area contributed by atoms with Crippen LogP contribution in [0.15, 0.2) is 58.3 Å². The number of benzene rings is 2. The van der Waals surface area contributed by atoms with E-state index in [1.54, 1.807) is 6.07 Å². The molecule has 1 aliphatic rings. The summed E-state index contributed by atoms with van der Waals surface area (Å²) >= 11 is 1.34. The molecule has 0 fully saturated rings. The molecule has 0 atom stereocenters. The Morgan fingerprint density at radius 2 is 1.90 bits per heavy atom. The molecule has 5 heteroatoms. The molecule has 2 aromatic rings. The van der Waals surface area contributed by atoms with Gasteiger partial charge in [0, 0.05) is 4.90 Å². The van der Waals surface area contributed by atoms with Gasteiger partial charge < -0.3 is 10.4 Å². The highest BCUT2D eigenvalue weighted by molar-refractivity contribution is 8.04. The van der Waals surface area contributed by atoms with Gasteiger partial charge in [-0.1, -0.05) is 42.1 Å². The van der Waals surface area contributed by atoms with E-state index in [1.807, 2.05) is 36.4 Å². The number of anilines is 1. The van der Waals surface area contributed by atoms with Crippen LogP contribution < -0.4 is 5.32 Å². The van der Waals surface area contributed by atoms with Crippen LogP contribution in [0.5, 0.6) is 0 Å². The third-order valence-corrected chi connectivity index (χ3v) is 4.11. The largest absolute Gasteiger partial charge is 0.478 e. The van der Waals surface area contributed by atoms with Gasteiger partial charge in [-0.3, -0.25) is 4.79 Å². The lowest BCUT2D eigenvalue weighted by Gasteiger charge is -2.19. The van der Waals surface area contributed by atoms with Crippen molar-refractivity contribution in [2.75, 3.05) is 5.32 Å². The first-order valence-corrected chi connectivity index (χ1v) is 7.08. The van der Waals surface area contributed by atoms with Gasteiger partial charge in [0.1, 0.15) is 0 Å². The monoisotopic (exact) mass is 297 g/mol. The van der Waals surface area contributed by atoms with E-state index >= 15 is 0 Å². The molecule has 0 saturated heterocycles. The van der Waals surface area contributed by atoms with Crippen LogP contribution in [0.4, 0.5) is 5.69 Å². The normalized spacial score (nSPS) is 15.4. The average Bonchev–Trinajstić information content (AvgIpc) is 2.48. The summed E-state index contributed by atoms with van der Waals surface area (Å²) in [5.41, 5.74) is 1.64. The molecule has 0 aliphatic carbocycles. The maximum Gasteiger partial charge on any atom is 0.335 e. The first kappa shape index (κ1) is 13.5. The number of hydrogen-bond donors (Lipinski definition) is 2. The molecule has 0 unspecified atom stereocenters. The molecule has 1 amide bonds. The molecule has 2 aromatic carbocycles. The van der Waals surface area contributed by atoms with Gasteiger partial charge in [-0.15, -0.1) is 0 Å². The summed E-state index contributed by atoms with van der Waals surface area (Å²) in [6.07, 6.45) is 1.81. The van der Waals surface area contributed by atoms with E-state index in [-0.39, 0.29) is 11.5 Å². The Morgan fingerprint density at radius 3 is 2.62 bits per heavy atom. The number of fused-ring (bicyclic) bond motifs is 1. The number of amides is 1. The van der Waals surface area contributed by atoms with E-state index in [0.29, 0.717) is 10.6 Å². The second-order valence-corrected chi connectivity index (χ2v) is 5.58. The molecular formula is C16H11NO3S. The predicted octanol–water partition coefficient (Wildman–Crippen LogP) is 3.47. The minimum atomic E-state index is -1.01. The van der Waals surface area contributed by atoms with Crippen LogP contribution in [0.2, 0.25) is 0 Å². The zero-order chi connectivity index (χ0) is 14.8. The number of carbonyl (C=O) groups excluding carboxylic acids is 1. The van der Waals surface area contributed by atoms with Gasteiger partial charge in [-0.2, -0.15) is 0 Å². The Labute approximate surface area is 125 Å². The molecule has 4 nitrogen and oxygen atoms in total. The van der Waals surface area contributed by atoms with Gasteiger partial charge in [0.25, 0.3) is 5.91 Å². The van der Waals surface area contributed by atoms with Crippen LogP contribution in [0.1, 0.15) is 15.9 Å². The molecule has 0 radical (unpaired) electrons. The standard InChI is InChI=1S/C16H11NO3S/c18-15-14(8-10-4-2-1-3-5-10)21-13-7-6-11(16(19)20)9-12(13)17-15/h1-9H,(H,17,18)(H,19,20). The molecule has 2 N–H and O–H groups in total. The van der Waals surface area contributed by atoms with Crippen molar-refractivity contribution in [3.05, 3.63) is 64.6 Å². The fourth-order valence-corrected chi connectivity index (χ4v) is 2.93. The van der Waals surface area contributed by atoms with Crippen molar-refractivity contribution in [3.8, 4) is 0 Å². The topological polar surface area (TPSA) is 66.4 Å². The van der Waals surface area contributed by atoms with Gasteiger partial charge in [-0.25, -0.2) is 4.79 Å². The molecule has 0 spiro atoms. The van der Waals surface area contributed by atoms with Crippen LogP contribution in [0.3, 0.4) is 0 Å². The molecule has 21 heavy (non-hydrogen) atoms. The maximum absolute atomic E-state index is 12.1. The SMILES string of the molecule is O=C1Nc2cc(C(=O)O)ccc2SC1=Cc1ccccc1. The summed E-state index contributed by atoms with van der Waals surface area (Å²) in [6, 6.07) is 14.3. The van der Waals surface area contributed by atoms with E-state index in [2.05, 4.69) is 5.32 Å². The Balaban J connectivity index is 1.94.